The van der Waals surface area contributed by atoms with E-state index in [0.717, 1.165) is 45.4 Å². The van der Waals surface area contributed by atoms with Crippen LogP contribution in [0, 0.1) is 19.7 Å². The minimum atomic E-state index is -0.284. The van der Waals surface area contributed by atoms with E-state index in [4.69, 9.17) is 4.98 Å². The van der Waals surface area contributed by atoms with Gasteiger partial charge in [0.25, 0.3) is 0 Å². The number of hydrogen-bond acceptors (Lipinski definition) is 4. The average Bonchev–Trinajstić information content (AvgIpc) is 3.02. The van der Waals surface area contributed by atoms with Crippen LogP contribution in [0.3, 0.4) is 0 Å². The van der Waals surface area contributed by atoms with E-state index in [1.165, 1.54) is 12.1 Å². The van der Waals surface area contributed by atoms with Gasteiger partial charge in [-0.15, -0.1) is 0 Å². The van der Waals surface area contributed by atoms with Crippen molar-refractivity contribution >= 4 is 27.5 Å². The van der Waals surface area contributed by atoms with E-state index in [1.807, 2.05) is 31.3 Å². The van der Waals surface area contributed by atoms with E-state index in [-0.39, 0.29) is 5.82 Å². The summed E-state index contributed by atoms with van der Waals surface area (Å²) in [5, 5.41) is 1.92. The van der Waals surface area contributed by atoms with Gasteiger partial charge in [-0.05, 0) is 50.6 Å². The molecule has 6 heteroatoms. The molecule has 0 spiro atoms. The second-order valence-electron chi connectivity index (χ2n) is 6.98. The Kier molecular flexibility index (Phi) is 3.79. The summed E-state index contributed by atoms with van der Waals surface area (Å²) in [6, 6.07) is 10.6. The summed E-state index contributed by atoms with van der Waals surface area (Å²) in [6.45, 7) is 4.00. The molecule has 5 nitrogen and oxygen atoms in total. The molecule has 5 rings (SSSR count). The van der Waals surface area contributed by atoms with Crippen molar-refractivity contribution in [1.29, 1.82) is 0 Å². The van der Waals surface area contributed by atoms with Gasteiger partial charge in [-0.3, -0.25) is 4.98 Å². The first-order valence-corrected chi connectivity index (χ1v) is 9.24. The molecule has 0 aliphatic carbocycles. The third-order valence-corrected chi connectivity index (χ3v) is 5.19. The summed E-state index contributed by atoms with van der Waals surface area (Å²) < 4.78 is 15.7. The summed E-state index contributed by atoms with van der Waals surface area (Å²) in [6.07, 6.45) is 5.16. The van der Waals surface area contributed by atoms with Crippen LogP contribution in [-0.4, -0.2) is 24.3 Å². The number of imidazole rings is 1. The normalized spacial score (nSPS) is 11.7. The standard InChI is InChI=1S/C22H18FN5/c1-13-16-6-5-15(23)12-20(16)26-21(25-13)8-7-18-14(2)28-11-9-19-17(22(28)27-18)4-3-10-24-19/h3-6,9-12H,7-8H2,1-2H3. The Bertz CT molecular complexity index is 1360. The molecular weight excluding hydrogens is 353 g/mol. The van der Waals surface area contributed by atoms with Crippen LogP contribution in [0.15, 0.2) is 48.8 Å². The Balaban J connectivity index is 1.51. The van der Waals surface area contributed by atoms with E-state index < -0.39 is 0 Å². The molecule has 28 heavy (non-hydrogen) atoms. The summed E-state index contributed by atoms with van der Waals surface area (Å²) in [5.41, 5.74) is 5.47. The number of rotatable bonds is 3. The number of hydrogen-bond donors (Lipinski definition) is 0. The van der Waals surface area contributed by atoms with Gasteiger partial charge in [-0.25, -0.2) is 19.3 Å². The van der Waals surface area contributed by atoms with E-state index in [2.05, 4.69) is 26.3 Å². The number of nitrogens with zero attached hydrogens (tertiary/aromatic N) is 5. The lowest BCUT2D eigenvalue weighted by atomic mass is 10.1. The first-order valence-electron chi connectivity index (χ1n) is 9.24. The Morgan fingerprint density at radius 1 is 0.929 bits per heavy atom. The first-order chi connectivity index (χ1) is 13.6. The molecule has 138 valence electrons. The predicted octanol–water partition coefficient (Wildman–Crippen LogP) is 4.37. The van der Waals surface area contributed by atoms with Crippen molar-refractivity contribution in [1.82, 2.24) is 24.3 Å². The number of aryl methyl sites for hydroxylation is 4. The second-order valence-corrected chi connectivity index (χ2v) is 6.98. The third kappa shape index (κ3) is 2.69. The zero-order valence-corrected chi connectivity index (χ0v) is 15.6. The molecule has 0 saturated carbocycles. The highest BCUT2D eigenvalue weighted by Gasteiger charge is 2.13. The second kappa shape index (κ2) is 6.34. The molecule has 4 aromatic heterocycles. The largest absolute Gasteiger partial charge is 0.303 e. The minimum absolute atomic E-state index is 0.284. The van der Waals surface area contributed by atoms with Gasteiger partial charge >= 0.3 is 0 Å². The molecule has 0 N–H and O–H groups in total. The van der Waals surface area contributed by atoms with Crippen molar-refractivity contribution in [3.05, 3.63) is 77.5 Å². The molecule has 5 aromatic rings. The average molecular weight is 371 g/mol. The molecule has 0 aliphatic heterocycles. The molecule has 0 saturated heterocycles. The van der Waals surface area contributed by atoms with Crippen LogP contribution in [0.5, 0.6) is 0 Å². The Labute approximate surface area is 160 Å². The molecule has 0 radical (unpaired) electrons. The van der Waals surface area contributed by atoms with Gasteiger partial charge in [0.2, 0.25) is 0 Å². The lowest BCUT2D eigenvalue weighted by Gasteiger charge is -2.05. The Morgan fingerprint density at radius 2 is 1.82 bits per heavy atom. The van der Waals surface area contributed by atoms with Crippen molar-refractivity contribution in [2.45, 2.75) is 26.7 Å². The van der Waals surface area contributed by atoms with Gasteiger partial charge in [0.15, 0.2) is 0 Å². The molecular formula is C22H18FN5. The highest BCUT2D eigenvalue weighted by molar-refractivity contribution is 5.91. The van der Waals surface area contributed by atoms with Crippen LogP contribution >= 0.6 is 0 Å². The van der Waals surface area contributed by atoms with Crippen LogP contribution in [0.2, 0.25) is 0 Å². The van der Waals surface area contributed by atoms with Gasteiger partial charge in [0.1, 0.15) is 17.3 Å². The van der Waals surface area contributed by atoms with Gasteiger partial charge in [0.05, 0.1) is 16.7 Å². The molecule has 0 unspecified atom stereocenters. The maximum atomic E-state index is 13.6. The fraction of sp³-hybridized carbons (Fsp3) is 0.182. The van der Waals surface area contributed by atoms with E-state index in [9.17, 15) is 4.39 Å². The van der Waals surface area contributed by atoms with E-state index >= 15 is 0 Å². The Hall–Kier alpha value is -3.41. The van der Waals surface area contributed by atoms with Crippen molar-refractivity contribution < 1.29 is 4.39 Å². The zero-order chi connectivity index (χ0) is 19.3. The summed E-state index contributed by atoms with van der Waals surface area (Å²) in [4.78, 5) is 18.4. The predicted molar refractivity (Wildman–Crippen MR) is 107 cm³/mol. The lowest BCUT2D eigenvalue weighted by Crippen LogP contribution is -2.02. The first kappa shape index (κ1) is 16.7. The molecule has 1 aromatic carbocycles. The number of fused-ring (bicyclic) bond motifs is 4. The minimum Gasteiger partial charge on any atom is -0.303 e. The molecule has 0 amide bonds. The van der Waals surface area contributed by atoms with Crippen LogP contribution in [0.4, 0.5) is 4.39 Å². The Morgan fingerprint density at radius 3 is 2.71 bits per heavy atom. The number of benzene rings is 1. The smallest absolute Gasteiger partial charge is 0.146 e. The number of pyridine rings is 2. The lowest BCUT2D eigenvalue weighted by molar-refractivity contribution is 0.629. The van der Waals surface area contributed by atoms with Crippen molar-refractivity contribution in [2.24, 2.45) is 0 Å². The SMILES string of the molecule is Cc1nc(CCc2nc3c4cccnc4ccn3c2C)nc2cc(F)ccc12. The number of halogens is 1. The van der Waals surface area contributed by atoms with Crippen molar-refractivity contribution in [3.8, 4) is 0 Å². The van der Waals surface area contributed by atoms with Crippen LogP contribution in [-0.2, 0) is 12.8 Å². The molecule has 0 atom stereocenters. The summed E-state index contributed by atoms with van der Waals surface area (Å²) in [5.74, 6) is 0.423. The highest BCUT2D eigenvalue weighted by atomic mass is 19.1. The number of aromatic nitrogens is 5. The maximum absolute atomic E-state index is 13.6. The third-order valence-electron chi connectivity index (χ3n) is 5.19. The molecule has 0 fully saturated rings. The monoisotopic (exact) mass is 371 g/mol. The van der Waals surface area contributed by atoms with Gasteiger partial charge in [-0.2, -0.15) is 0 Å². The van der Waals surface area contributed by atoms with Crippen molar-refractivity contribution in [2.75, 3.05) is 0 Å². The van der Waals surface area contributed by atoms with Crippen molar-refractivity contribution in [3.63, 3.8) is 0 Å². The fourth-order valence-electron chi connectivity index (χ4n) is 3.72. The van der Waals surface area contributed by atoms with Crippen LogP contribution < -0.4 is 0 Å². The molecule has 0 aliphatic rings. The quantitative estimate of drug-likeness (QED) is 0.473. The van der Waals surface area contributed by atoms with Gasteiger partial charge < -0.3 is 4.40 Å². The highest BCUT2D eigenvalue weighted by Crippen LogP contribution is 2.22. The topological polar surface area (TPSA) is 56.0 Å². The van der Waals surface area contributed by atoms with Gasteiger partial charge in [-0.1, -0.05) is 0 Å². The van der Waals surface area contributed by atoms with E-state index in [0.29, 0.717) is 17.8 Å². The maximum Gasteiger partial charge on any atom is 0.146 e. The fourth-order valence-corrected chi connectivity index (χ4v) is 3.72. The van der Waals surface area contributed by atoms with E-state index in [1.54, 1.807) is 12.3 Å². The summed E-state index contributed by atoms with van der Waals surface area (Å²) in [7, 11) is 0. The molecule has 0 bridgehead atoms. The summed E-state index contributed by atoms with van der Waals surface area (Å²) >= 11 is 0. The van der Waals surface area contributed by atoms with Gasteiger partial charge in [0, 0.05) is 47.0 Å². The van der Waals surface area contributed by atoms with Crippen LogP contribution in [0.1, 0.15) is 22.9 Å². The molecule has 4 heterocycles. The zero-order valence-electron chi connectivity index (χ0n) is 15.6. The van der Waals surface area contributed by atoms with Crippen LogP contribution in [0.25, 0.3) is 27.5 Å².